The molecule has 0 bridgehead atoms. The Morgan fingerprint density at radius 1 is 1.42 bits per heavy atom. The zero-order valence-corrected chi connectivity index (χ0v) is 11.2. The van der Waals surface area contributed by atoms with Crippen molar-refractivity contribution in [2.45, 2.75) is 33.2 Å². The molecule has 0 heterocycles. The molecule has 2 N–H and O–H groups in total. The van der Waals surface area contributed by atoms with Gasteiger partial charge in [0, 0.05) is 5.56 Å². The lowest BCUT2D eigenvalue weighted by molar-refractivity contribution is -0.140. The Bertz CT molecular complexity index is 488. The van der Waals surface area contributed by atoms with Crippen molar-refractivity contribution >= 4 is 11.9 Å². The first-order valence-electron chi connectivity index (χ1n) is 6.16. The van der Waals surface area contributed by atoms with Gasteiger partial charge in [0.05, 0.1) is 0 Å². The number of aryl methyl sites for hydroxylation is 1. The van der Waals surface area contributed by atoms with Gasteiger partial charge in [0.1, 0.15) is 11.9 Å². The van der Waals surface area contributed by atoms with Crippen molar-refractivity contribution in [3.63, 3.8) is 0 Å². The molecule has 1 aromatic rings. The fourth-order valence-corrected chi connectivity index (χ4v) is 1.64. The van der Waals surface area contributed by atoms with E-state index in [0.29, 0.717) is 12.0 Å². The molecule has 0 fully saturated rings. The summed E-state index contributed by atoms with van der Waals surface area (Å²) in [6.07, 6.45) is 0.625. The monoisotopic (exact) mass is 267 g/mol. The van der Waals surface area contributed by atoms with E-state index in [1.54, 1.807) is 13.8 Å². The van der Waals surface area contributed by atoms with Crippen molar-refractivity contribution in [3.8, 4) is 0 Å². The van der Waals surface area contributed by atoms with E-state index in [9.17, 15) is 14.0 Å². The molecule has 0 saturated carbocycles. The number of aliphatic carboxylic acids is 1. The van der Waals surface area contributed by atoms with Crippen LogP contribution in [0.1, 0.15) is 36.2 Å². The number of hydrogen-bond donors (Lipinski definition) is 2. The molecule has 0 aromatic heterocycles. The molecule has 4 nitrogen and oxygen atoms in total. The molecule has 0 aliphatic carbocycles. The highest BCUT2D eigenvalue weighted by Gasteiger charge is 2.25. The predicted octanol–water partition coefficient (Wildman–Crippen LogP) is 2.36. The largest absolute Gasteiger partial charge is 0.480 e. The van der Waals surface area contributed by atoms with Crippen molar-refractivity contribution in [2.75, 3.05) is 0 Å². The van der Waals surface area contributed by atoms with Crippen LogP contribution in [-0.2, 0) is 4.79 Å². The van der Waals surface area contributed by atoms with Crippen molar-refractivity contribution in [2.24, 2.45) is 5.92 Å². The van der Waals surface area contributed by atoms with Gasteiger partial charge in [-0.15, -0.1) is 0 Å². The maximum absolute atomic E-state index is 13.4. The van der Waals surface area contributed by atoms with Crippen LogP contribution in [0.3, 0.4) is 0 Å². The van der Waals surface area contributed by atoms with E-state index in [1.807, 2.05) is 6.92 Å². The Kier molecular flexibility index (Phi) is 5.03. The highest BCUT2D eigenvalue weighted by molar-refractivity contribution is 5.96. The smallest absolute Gasteiger partial charge is 0.326 e. The number of hydrogen-bond acceptors (Lipinski definition) is 2. The molecule has 0 radical (unpaired) electrons. The Morgan fingerprint density at radius 2 is 2.05 bits per heavy atom. The van der Waals surface area contributed by atoms with Gasteiger partial charge >= 0.3 is 5.97 Å². The molecule has 2 atom stereocenters. The van der Waals surface area contributed by atoms with Gasteiger partial charge in [-0.3, -0.25) is 4.79 Å². The average Bonchev–Trinajstić information content (AvgIpc) is 2.37. The van der Waals surface area contributed by atoms with Gasteiger partial charge in [-0.05, 0) is 30.5 Å². The van der Waals surface area contributed by atoms with E-state index >= 15 is 0 Å². The summed E-state index contributed by atoms with van der Waals surface area (Å²) in [7, 11) is 0. The van der Waals surface area contributed by atoms with Crippen molar-refractivity contribution in [1.29, 1.82) is 0 Å². The lowest BCUT2D eigenvalue weighted by Gasteiger charge is -2.20. The minimum absolute atomic E-state index is 0.123. The summed E-state index contributed by atoms with van der Waals surface area (Å²) in [5.74, 6) is -2.35. The fraction of sp³-hybridized carbons (Fsp3) is 0.429. The van der Waals surface area contributed by atoms with Crippen molar-refractivity contribution < 1.29 is 19.1 Å². The molecule has 1 amide bonds. The first-order chi connectivity index (χ1) is 8.86. The van der Waals surface area contributed by atoms with Gasteiger partial charge in [-0.2, -0.15) is 0 Å². The Hall–Kier alpha value is -1.91. The number of halogens is 1. The van der Waals surface area contributed by atoms with E-state index in [2.05, 4.69) is 5.32 Å². The first kappa shape index (κ1) is 15.1. The summed E-state index contributed by atoms with van der Waals surface area (Å²) in [4.78, 5) is 23.0. The predicted molar refractivity (Wildman–Crippen MR) is 69.5 cm³/mol. The molecule has 19 heavy (non-hydrogen) atoms. The molecule has 0 aliphatic heterocycles. The summed E-state index contributed by atoms with van der Waals surface area (Å²) in [5.41, 5.74) is 0.561. The molecule has 0 aliphatic rings. The lowest BCUT2D eigenvalue weighted by atomic mass is 9.99. The van der Waals surface area contributed by atoms with Crippen LogP contribution in [0.25, 0.3) is 0 Å². The Balaban J connectivity index is 2.87. The van der Waals surface area contributed by atoms with Crippen LogP contribution in [0.2, 0.25) is 0 Å². The number of benzene rings is 1. The number of carboxylic acids is 1. The van der Waals surface area contributed by atoms with E-state index < -0.39 is 23.7 Å². The van der Waals surface area contributed by atoms with Gasteiger partial charge in [0.25, 0.3) is 5.91 Å². The second-order valence-corrected chi connectivity index (χ2v) is 4.64. The van der Waals surface area contributed by atoms with E-state index in [1.165, 1.54) is 12.1 Å². The van der Waals surface area contributed by atoms with Crippen LogP contribution in [-0.4, -0.2) is 23.0 Å². The minimum atomic E-state index is -1.09. The van der Waals surface area contributed by atoms with Gasteiger partial charge in [0.2, 0.25) is 0 Å². The van der Waals surface area contributed by atoms with E-state index in [-0.39, 0.29) is 11.5 Å². The average molecular weight is 267 g/mol. The third-order valence-electron chi connectivity index (χ3n) is 3.20. The van der Waals surface area contributed by atoms with Crippen LogP contribution < -0.4 is 5.32 Å². The summed E-state index contributed by atoms with van der Waals surface area (Å²) in [6, 6.07) is 3.11. The number of carbonyl (C=O) groups is 2. The molecular weight excluding hydrogens is 249 g/mol. The van der Waals surface area contributed by atoms with Crippen LogP contribution in [0.15, 0.2) is 18.2 Å². The topological polar surface area (TPSA) is 66.4 Å². The molecule has 104 valence electrons. The summed E-state index contributed by atoms with van der Waals surface area (Å²) >= 11 is 0. The van der Waals surface area contributed by atoms with E-state index in [0.717, 1.165) is 6.07 Å². The van der Waals surface area contributed by atoms with Crippen LogP contribution in [0, 0.1) is 18.7 Å². The Labute approximate surface area is 111 Å². The molecule has 0 saturated heterocycles. The third-order valence-corrected chi connectivity index (χ3v) is 3.20. The number of carboxylic acid groups (broad SMARTS) is 1. The second kappa shape index (κ2) is 6.31. The van der Waals surface area contributed by atoms with Crippen molar-refractivity contribution in [1.82, 2.24) is 5.32 Å². The van der Waals surface area contributed by atoms with Crippen LogP contribution >= 0.6 is 0 Å². The summed E-state index contributed by atoms with van der Waals surface area (Å²) in [5, 5.41) is 11.5. The quantitative estimate of drug-likeness (QED) is 0.860. The third kappa shape index (κ3) is 3.77. The highest BCUT2D eigenvalue weighted by atomic mass is 19.1. The van der Waals surface area contributed by atoms with Gasteiger partial charge in [-0.1, -0.05) is 26.3 Å². The molecule has 5 heteroatoms. The number of rotatable bonds is 5. The zero-order chi connectivity index (χ0) is 14.6. The Morgan fingerprint density at radius 3 is 2.53 bits per heavy atom. The van der Waals surface area contributed by atoms with Crippen molar-refractivity contribution in [3.05, 3.63) is 35.1 Å². The van der Waals surface area contributed by atoms with Gasteiger partial charge < -0.3 is 10.4 Å². The maximum atomic E-state index is 13.4. The standard InChI is InChI=1S/C14H18FNO3/c1-4-8(2)12(14(18)19)16-13(17)10-6-5-9(3)11(15)7-10/h5-8,12H,4H2,1-3H3,(H,16,17)(H,18,19)/t8?,12-/m0/s1. The number of nitrogens with one attached hydrogen (secondary N) is 1. The van der Waals surface area contributed by atoms with E-state index in [4.69, 9.17) is 5.11 Å². The van der Waals surface area contributed by atoms with Gasteiger partial charge in [-0.25, -0.2) is 9.18 Å². The number of carbonyl (C=O) groups excluding carboxylic acids is 1. The van der Waals surface area contributed by atoms with Crippen LogP contribution in [0.4, 0.5) is 4.39 Å². The molecule has 1 aromatic carbocycles. The minimum Gasteiger partial charge on any atom is -0.480 e. The molecule has 1 rings (SSSR count). The highest BCUT2D eigenvalue weighted by Crippen LogP contribution is 2.12. The van der Waals surface area contributed by atoms with Crippen LogP contribution in [0.5, 0.6) is 0 Å². The molecule has 0 spiro atoms. The summed E-state index contributed by atoms with van der Waals surface area (Å²) in [6.45, 7) is 5.18. The lowest BCUT2D eigenvalue weighted by Crippen LogP contribution is -2.45. The fourth-order valence-electron chi connectivity index (χ4n) is 1.64. The second-order valence-electron chi connectivity index (χ2n) is 4.64. The SMILES string of the molecule is CCC(C)[C@H](NC(=O)c1ccc(C)c(F)c1)C(=O)O. The molecule has 1 unspecified atom stereocenters. The summed E-state index contributed by atoms with van der Waals surface area (Å²) < 4.78 is 13.4. The first-order valence-corrected chi connectivity index (χ1v) is 6.16. The number of amides is 1. The zero-order valence-electron chi connectivity index (χ0n) is 11.2. The normalized spacial score (nSPS) is 13.7. The maximum Gasteiger partial charge on any atom is 0.326 e. The van der Waals surface area contributed by atoms with Gasteiger partial charge in [0.15, 0.2) is 0 Å². The molecular formula is C14H18FNO3.